The SMILES string of the molecule is COc1ccccc1-n1[nH]nc(C(=O)O)c1=O. The molecule has 88 valence electrons. The fraction of sp³-hybridized carbons (Fsp3) is 0.100. The average molecular weight is 235 g/mol. The van der Waals surface area contributed by atoms with Crippen molar-refractivity contribution in [3.05, 3.63) is 40.3 Å². The number of carboxylic acid groups (broad SMARTS) is 1. The van der Waals surface area contributed by atoms with Crippen molar-refractivity contribution >= 4 is 5.97 Å². The lowest BCUT2D eigenvalue weighted by molar-refractivity contribution is 0.0689. The minimum absolute atomic E-state index is 0.403. The van der Waals surface area contributed by atoms with Crippen LogP contribution in [0.1, 0.15) is 10.5 Å². The molecule has 0 bridgehead atoms. The molecule has 1 heterocycles. The van der Waals surface area contributed by atoms with Crippen LogP contribution >= 0.6 is 0 Å². The number of benzene rings is 1. The Hall–Kier alpha value is -2.57. The molecule has 0 aliphatic heterocycles. The summed E-state index contributed by atoms with van der Waals surface area (Å²) in [5, 5.41) is 14.5. The molecule has 0 saturated carbocycles. The number of para-hydroxylation sites is 2. The van der Waals surface area contributed by atoms with E-state index in [-0.39, 0.29) is 0 Å². The van der Waals surface area contributed by atoms with Crippen LogP contribution in [0.15, 0.2) is 29.1 Å². The second kappa shape index (κ2) is 4.12. The van der Waals surface area contributed by atoms with Crippen LogP contribution in [0, 0.1) is 0 Å². The van der Waals surface area contributed by atoms with E-state index in [0.29, 0.717) is 11.4 Å². The fourth-order valence-electron chi connectivity index (χ4n) is 1.42. The average Bonchev–Trinajstić information content (AvgIpc) is 2.71. The van der Waals surface area contributed by atoms with Crippen molar-refractivity contribution in [1.29, 1.82) is 0 Å². The Labute approximate surface area is 95.2 Å². The summed E-state index contributed by atoms with van der Waals surface area (Å²) in [7, 11) is 1.46. The van der Waals surface area contributed by atoms with E-state index in [0.717, 1.165) is 4.68 Å². The van der Waals surface area contributed by atoms with Gasteiger partial charge in [-0.25, -0.2) is 10.0 Å². The van der Waals surface area contributed by atoms with Gasteiger partial charge in [-0.3, -0.25) is 4.79 Å². The highest BCUT2D eigenvalue weighted by molar-refractivity contribution is 5.84. The van der Waals surface area contributed by atoms with Gasteiger partial charge < -0.3 is 9.84 Å². The van der Waals surface area contributed by atoms with Crippen molar-refractivity contribution in [1.82, 2.24) is 15.0 Å². The second-order valence-corrected chi connectivity index (χ2v) is 3.18. The molecule has 0 unspecified atom stereocenters. The maximum atomic E-state index is 11.7. The third kappa shape index (κ3) is 1.78. The molecule has 17 heavy (non-hydrogen) atoms. The highest BCUT2D eigenvalue weighted by atomic mass is 16.5. The molecule has 0 atom stereocenters. The minimum Gasteiger partial charge on any atom is -0.494 e. The number of aromatic amines is 1. The summed E-state index contributed by atoms with van der Waals surface area (Å²) in [5.41, 5.74) is -0.891. The van der Waals surface area contributed by atoms with Crippen LogP contribution in [0.3, 0.4) is 0 Å². The zero-order chi connectivity index (χ0) is 12.4. The quantitative estimate of drug-likeness (QED) is 0.795. The minimum atomic E-state index is -1.38. The summed E-state index contributed by atoms with van der Waals surface area (Å²) in [6.07, 6.45) is 0. The molecule has 2 aromatic rings. The first-order chi connectivity index (χ1) is 8.15. The topological polar surface area (TPSA) is 97.2 Å². The predicted octanol–water partition coefficient (Wildman–Crippen LogP) is 0.267. The molecular weight excluding hydrogens is 226 g/mol. The van der Waals surface area contributed by atoms with Crippen molar-refractivity contribution in [2.24, 2.45) is 0 Å². The summed E-state index contributed by atoms with van der Waals surface area (Å²) < 4.78 is 6.09. The number of methoxy groups -OCH3 is 1. The van der Waals surface area contributed by atoms with Gasteiger partial charge in [0.15, 0.2) is 0 Å². The van der Waals surface area contributed by atoms with E-state index in [9.17, 15) is 9.59 Å². The van der Waals surface area contributed by atoms with Gasteiger partial charge in [-0.05, 0) is 12.1 Å². The van der Waals surface area contributed by atoms with Gasteiger partial charge in [0.25, 0.3) is 0 Å². The van der Waals surface area contributed by atoms with Crippen LogP contribution in [-0.4, -0.2) is 33.2 Å². The normalized spacial score (nSPS) is 10.2. The van der Waals surface area contributed by atoms with Crippen LogP contribution in [0.25, 0.3) is 5.69 Å². The van der Waals surface area contributed by atoms with E-state index in [1.165, 1.54) is 7.11 Å². The molecule has 2 rings (SSSR count). The van der Waals surface area contributed by atoms with Gasteiger partial charge in [-0.1, -0.05) is 12.1 Å². The molecule has 0 saturated heterocycles. The molecular formula is C10H9N3O4. The molecule has 7 heteroatoms. The summed E-state index contributed by atoms with van der Waals surface area (Å²) >= 11 is 0. The fourth-order valence-corrected chi connectivity index (χ4v) is 1.42. The largest absolute Gasteiger partial charge is 0.494 e. The van der Waals surface area contributed by atoms with Gasteiger partial charge in [-0.15, -0.1) is 5.10 Å². The maximum absolute atomic E-state index is 11.7. The first-order valence-corrected chi connectivity index (χ1v) is 4.69. The number of rotatable bonds is 3. The Morgan fingerprint density at radius 1 is 1.47 bits per heavy atom. The van der Waals surface area contributed by atoms with Crippen LogP contribution in [-0.2, 0) is 0 Å². The van der Waals surface area contributed by atoms with Crippen molar-refractivity contribution in [3.8, 4) is 11.4 Å². The standard InChI is InChI=1S/C10H9N3O4/c1-17-7-5-3-2-4-6(7)13-9(14)8(10(15)16)11-12-13/h2-5,12H,1H3,(H,15,16). The molecule has 0 fully saturated rings. The first-order valence-electron chi connectivity index (χ1n) is 4.69. The lowest BCUT2D eigenvalue weighted by Gasteiger charge is -2.06. The predicted molar refractivity (Wildman–Crippen MR) is 57.7 cm³/mol. The van der Waals surface area contributed by atoms with E-state index in [1.807, 2.05) is 0 Å². The lowest BCUT2D eigenvalue weighted by atomic mass is 10.3. The Kier molecular flexibility index (Phi) is 2.65. The van der Waals surface area contributed by atoms with Gasteiger partial charge in [0, 0.05) is 0 Å². The second-order valence-electron chi connectivity index (χ2n) is 3.18. The first kappa shape index (κ1) is 10.9. The number of carboxylic acids is 1. The summed E-state index contributed by atoms with van der Waals surface area (Å²) in [6.45, 7) is 0. The van der Waals surface area contributed by atoms with E-state index in [4.69, 9.17) is 9.84 Å². The molecule has 2 N–H and O–H groups in total. The van der Waals surface area contributed by atoms with Crippen molar-refractivity contribution < 1.29 is 14.6 Å². The number of hydrogen-bond acceptors (Lipinski definition) is 4. The van der Waals surface area contributed by atoms with E-state index in [1.54, 1.807) is 24.3 Å². The molecule has 0 amide bonds. The highest BCUT2D eigenvalue weighted by Crippen LogP contribution is 2.19. The van der Waals surface area contributed by atoms with Gasteiger partial charge in [0.1, 0.15) is 11.4 Å². The monoisotopic (exact) mass is 235 g/mol. The van der Waals surface area contributed by atoms with Crippen LogP contribution in [0.4, 0.5) is 0 Å². The number of H-pyrrole nitrogens is 1. The summed E-state index contributed by atoms with van der Waals surface area (Å²) in [4.78, 5) is 22.4. The number of nitrogens with zero attached hydrogens (tertiary/aromatic N) is 2. The molecule has 0 aliphatic rings. The lowest BCUT2D eigenvalue weighted by Crippen LogP contribution is -2.20. The molecule has 0 spiro atoms. The Morgan fingerprint density at radius 3 is 2.76 bits per heavy atom. The third-order valence-corrected chi connectivity index (χ3v) is 2.20. The van der Waals surface area contributed by atoms with E-state index < -0.39 is 17.2 Å². The molecule has 7 nitrogen and oxygen atoms in total. The van der Waals surface area contributed by atoms with Crippen LogP contribution in [0.2, 0.25) is 0 Å². The van der Waals surface area contributed by atoms with E-state index >= 15 is 0 Å². The Balaban J connectivity index is 2.62. The number of hydrogen-bond donors (Lipinski definition) is 2. The summed E-state index contributed by atoms with van der Waals surface area (Å²) in [6, 6.07) is 6.71. The van der Waals surface area contributed by atoms with Crippen LogP contribution < -0.4 is 10.3 Å². The Bertz CT molecular complexity index is 614. The molecule has 1 aromatic carbocycles. The highest BCUT2D eigenvalue weighted by Gasteiger charge is 2.17. The maximum Gasteiger partial charge on any atom is 0.362 e. The number of carbonyl (C=O) groups is 1. The Morgan fingerprint density at radius 2 is 2.18 bits per heavy atom. The molecule has 0 aliphatic carbocycles. The zero-order valence-electron chi connectivity index (χ0n) is 8.88. The van der Waals surface area contributed by atoms with Crippen molar-refractivity contribution in [3.63, 3.8) is 0 Å². The van der Waals surface area contributed by atoms with Gasteiger partial charge in [0.2, 0.25) is 5.69 Å². The number of ether oxygens (including phenoxy) is 1. The molecule has 0 radical (unpaired) electrons. The summed E-state index contributed by atoms with van der Waals surface area (Å²) in [5.74, 6) is -0.935. The van der Waals surface area contributed by atoms with E-state index in [2.05, 4.69) is 10.3 Å². The smallest absolute Gasteiger partial charge is 0.362 e. The van der Waals surface area contributed by atoms with Gasteiger partial charge in [0.05, 0.1) is 7.11 Å². The van der Waals surface area contributed by atoms with Gasteiger partial charge >= 0.3 is 11.5 Å². The van der Waals surface area contributed by atoms with Crippen molar-refractivity contribution in [2.75, 3.05) is 7.11 Å². The third-order valence-electron chi connectivity index (χ3n) is 2.20. The van der Waals surface area contributed by atoms with Crippen LogP contribution in [0.5, 0.6) is 5.75 Å². The number of nitrogens with one attached hydrogen (secondary N) is 1. The number of aromatic carboxylic acids is 1. The zero-order valence-corrected chi connectivity index (χ0v) is 8.88. The number of aromatic nitrogens is 3. The van der Waals surface area contributed by atoms with Crippen molar-refractivity contribution in [2.45, 2.75) is 0 Å². The molecule has 1 aromatic heterocycles. The van der Waals surface area contributed by atoms with Gasteiger partial charge in [-0.2, -0.15) is 4.68 Å².